The summed E-state index contributed by atoms with van der Waals surface area (Å²) in [6.07, 6.45) is 1.37. The zero-order chi connectivity index (χ0) is 13.6. The highest BCUT2D eigenvalue weighted by Gasteiger charge is 2.32. The van der Waals surface area contributed by atoms with Gasteiger partial charge in [0.1, 0.15) is 0 Å². The standard InChI is InChI=1S/C11H21NO5S/c1-3-17-7-8-18(14,15)12-6-4-5-10(9-12)11(13)16-2/h10H,3-9H2,1-2H3/t10-/m0/s1. The molecule has 7 heteroatoms. The molecule has 0 saturated carbocycles. The Hall–Kier alpha value is -0.660. The van der Waals surface area contributed by atoms with Crippen molar-refractivity contribution in [1.82, 2.24) is 4.31 Å². The van der Waals surface area contributed by atoms with Crippen molar-refractivity contribution in [1.29, 1.82) is 0 Å². The van der Waals surface area contributed by atoms with Crippen molar-refractivity contribution in [3.05, 3.63) is 0 Å². The maximum atomic E-state index is 12.0. The Labute approximate surface area is 108 Å². The van der Waals surface area contributed by atoms with Crippen LogP contribution >= 0.6 is 0 Å². The molecule has 0 aromatic carbocycles. The van der Waals surface area contributed by atoms with Crippen molar-refractivity contribution in [3.8, 4) is 0 Å². The van der Waals surface area contributed by atoms with E-state index in [0.717, 1.165) is 0 Å². The van der Waals surface area contributed by atoms with E-state index in [0.29, 0.717) is 26.0 Å². The van der Waals surface area contributed by atoms with Crippen molar-refractivity contribution >= 4 is 16.0 Å². The second kappa shape index (κ2) is 7.06. The zero-order valence-electron chi connectivity index (χ0n) is 10.9. The van der Waals surface area contributed by atoms with E-state index in [9.17, 15) is 13.2 Å². The molecule has 0 aromatic heterocycles. The Morgan fingerprint density at radius 1 is 1.44 bits per heavy atom. The largest absolute Gasteiger partial charge is 0.469 e. The molecule has 106 valence electrons. The van der Waals surface area contributed by atoms with Crippen LogP contribution in [0.5, 0.6) is 0 Å². The van der Waals surface area contributed by atoms with Crippen LogP contribution in [0.15, 0.2) is 0 Å². The Bertz CT molecular complexity index is 368. The maximum absolute atomic E-state index is 12.0. The van der Waals surface area contributed by atoms with E-state index in [1.54, 1.807) is 0 Å². The summed E-state index contributed by atoms with van der Waals surface area (Å²) in [6.45, 7) is 3.21. The van der Waals surface area contributed by atoms with Crippen molar-refractivity contribution < 1.29 is 22.7 Å². The van der Waals surface area contributed by atoms with E-state index < -0.39 is 10.0 Å². The van der Waals surface area contributed by atoms with Crippen LogP contribution in [-0.2, 0) is 24.3 Å². The third-order valence-corrected chi connectivity index (χ3v) is 4.80. The lowest BCUT2D eigenvalue weighted by Crippen LogP contribution is -2.44. The van der Waals surface area contributed by atoms with Gasteiger partial charge in [0.2, 0.25) is 10.0 Å². The number of piperidine rings is 1. The third-order valence-electron chi connectivity index (χ3n) is 3.00. The molecular formula is C11H21NO5S. The molecule has 1 heterocycles. The van der Waals surface area contributed by atoms with Crippen molar-refractivity contribution in [2.75, 3.05) is 39.2 Å². The summed E-state index contributed by atoms with van der Waals surface area (Å²) in [5.74, 6) is -0.709. The molecule has 0 aliphatic carbocycles. The molecule has 0 spiro atoms. The summed E-state index contributed by atoms with van der Waals surface area (Å²) in [4.78, 5) is 11.4. The van der Waals surface area contributed by atoms with Gasteiger partial charge in [-0.2, -0.15) is 0 Å². The fourth-order valence-corrected chi connectivity index (χ4v) is 3.39. The molecule has 0 N–H and O–H groups in total. The SMILES string of the molecule is CCOCCS(=O)(=O)N1CCC[C@H](C(=O)OC)C1. The molecule has 0 radical (unpaired) electrons. The van der Waals surface area contributed by atoms with Gasteiger partial charge in [0.15, 0.2) is 0 Å². The minimum Gasteiger partial charge on any atom is -0.469 e. The molecular weight excluding hydrogens is 258 g/mol. The maximum Gasteiger partial charge on any atom is 0.309 e. The molecule has 1 aliphatic rings. The monoisotopic (exact) mass is 279 g/mol. The summed E-state index contributed by atoms with van der Waals surface area (Å²) < 4.78 is 35.1. The quantitative estimate of drug-likeness (QED) is 0.514. The first-order chi connectivity index (χ1) is 8.51. The van der Waals surface area contributed by atoms with Crippen molar-refractivity contribution in [2.45, 2.75) is 19.8 Å². The molecule has 6 nitrogen and oxygen atoms in total. The Morgan fingerprint density at radius 3 is 2.78 bits per heavy atom. The summed E-state index contributed by atoms with van der Waals surface area (Å²) >= 11 is 0. The minimum absolute atomic E-state index is 0.0330. The van der Waals surface area contributed by atoms with Crippen LogP contribution in [0.25, 0.3) is 0 Å². The van der Waals surface area contributed by atoms with E-state index in [-0.39, 0.29) is 30.8 Å². The number of sulfonamides is 1. The van der Waals surface area contributed by atoms with Crippen LogP contribution in [-0.4, -0.2) is 57.9 Å². The lowest BCUT2D eigenvalue weighted by Gasteiger charge is -2.30. The minimum atomic E-state index is -3.33. The first kappa shape index (κ1) is 15.4. The number of ether oxygens (including phenoxy) is 2. The number of esters is 1. The normalized spacial score (nSPS) is 21.8. The van der Waals surface area contributed by atoms with Gasteiger partial charge in [-0.05, 0) is 19.8 Å². The lowest BCUT2D eigenvalue weighted by atomic mass is 10.0. The second-order valence-corrected chi connectivity index (χ2v) is 6.32. The van der Waals surface area contributed by atoms with Crippen LogP contribution in [0.3, 0.4) is 0 Å². The van der Waals surface area contributed by atoms with E-state index in [1.165, 1.54) is 11.4 Å². The van der Waals surface area contributed by atoms with Gasteiger partial charge in [-0.25, -0.2) is 12.7 Å². The predicted octanol–water partition coefficient (Wildman–Crippen LogP) is 0.238. The molecule has 0 amide bonds. The molecule has 18 heavy (non-hydrogen) atoms. The average molecular weight is 279 g/mol. The van der Waals surface area contributed by atoms with Gasteiger partial charge < -0.3 is 9.47 Å². The Kier molecular flexibility index (Phi) is 6.04. The van der Waals surface area contributed by atoms with Crippen LogP contribution in [0.1, 0.15) is 19.8 Å². The lowest BCUT2D eigenvalue weighted by molar-refractivity contribution is -0.146. The van der Waals surface area contributed by atoms with Crippen molar-refractivity contribution in [3.63, 3.8) is 0 Å². The molecule has 0 bridgehead atoms. The van der Waals surface area contributed by atoms with Crippen LogP contribution in [0.4, 0.5) is 0 Å². The average Bonchev–Trinajstić information content (AvgIpc) is 2.38. The van der Waals surface area contributed by atoms with Gasteiger partial charge >= 0.3 is 5.97 Å². The van der Waals surface area contributed by atoms with Gasteiger partial charge in [0, 0.05) is 19.7 Å². The smallest absolute Gasteiger partial charge is 0.309 e. The summed E-state index contributed by atoms with van der Waals surface area (Å²) in [6, 6.07) is 0. The highest BCUT2D eigenvalue weighted by Crippen LogP contribution is 2.20. The molecule has 1 saturated heterocycles. The topological polar surface area (TPSA) is 72.9 Å². The number of rotatable bonds is 6. The van der Waals surface area contributed by atoms with Gasteiger partial charge in [-0.1, -0.05) is 0 Å². The highest BCUT2D eigenvalue weighted by molar-refractivity contribution is 7.89. The van der Waals surface area contributed by atoms with Crippen LogP contribution < -0.4 is 0 Å². The number of methoxy groups -OCH3 is 1. The van der Waals surface area contributed by atoms with Crippen LogP contribution in [0.2, 0.25) is 0 Å². The third kappa shape index (κ3) is 4.22. The molecule has 0 aromatic rings. The number of carbonyl (C=O) groups excluding carboxylic acids is 1. The molecule has 1 rings (SSSR count). The van der Waals surface area contributed by atoms with Gasteiger partial charge in [0.05, 0.1) is 25.4 Å². The van der Waals surface area contributed by atoms with Gasteiger partial charge in [-0.15, -0.1) is 0 Å². The molecule has 0 unspecified atom stereocenters. The Balaban J connectivity index is 2.57. The number of hydrogen-bond donors (Lipinski definition) is 0. The van der Waals surface area contributed by atoms with Crippen LogP contribution in [0, 0.1) is 5.92 Å². The fraction of sp³-hybridized carbons (Fsp3) is 0.909. The summed E-state index contributed by atoms with van der Waals surface area (Å²) in [7, 11) is -2.01. The van der Waals surface area contributed by atoms with Gasteiger partial charge in [-0.3, -0.25) is 4.79 Å². The van der Waals surface area contributed by atoms with E-state index in [4.69, 9.17) is 4.74 Å². The predicted molar refractivity (Wildman–Crippen MR) is 66.6 cm³/mol. The van der Waals surface area contributed by atoms with Crippen molar-refractivity contribution in [2.24, 2.45) is 5.92 Å². The number of carbonyl (C=O) groups is 1. The number of nitrogens with zero attached hydrogens (tertiary/aromatic N) is 1. The second-order valence-electron chi connectivity index (χ2n) is 4.23. The van der Waals surface area contributed by atoms with Gasteiger partial charge in [0.25, 0.3) is 0 Å². The summed E-state index contributed by atoms with van der Waals surface area (Å²) in [5.41, 5.74) is 0. The number of hydrogen-bond acceptors (Lipinski definition) is 5. The molecule has 1 atom stereocenters. The fourth-order valence-electron chi connectivity index (χ4n) is 1.99. The zero-order valence-corrected chi connectivity index (χ0v) is 11.7. The molecule has 1 aliphatic heterocycles. The molecule has 1 fully saturated rings. The van der Waals surface area contributed by atoms with E-state index in [1.807, 2.05) is 6.92 Å². The first-order valence-electron chi connectivity index (χ1n) is 6.14. The highest BCUT2D eigenvalue weighted by atomic mass is 32.2. The first-order valence-corrected chi connectivity index (χ1v) is 7.75. The Morgan fingerprint density at radius 2 is 2.17 bits per heavy atom. The summed E-state index contributed by atoms with van der Waals surface area (Å²) in [5, 5.41) is 0. The van der Waals surface area contributed by atoms with E-state index >= 15 is 0 Å². The van der Waals surface area contributed by atoms with E-state index in [2.05, 4.69) is 4.74 Å².